The van der Waals surface area contributed by atoms with Gasteiger partial charge in [0.1, 0.15) is 24.4 Å². The van der Waals surface area contributed by atoms with Gasteiger partial charge in [0, 0.05) is 18.1 Å². The molecule has 2 aromatic rings. The van der Waals surface area contributed by atoms with Gasteiger partial charge >= 0.3 is 0 Å². The van der Waals surface area contributed by atoms with Gasteiger partial charge in [-0.15, -0.1) is 0 Å². The number of nitrogens with two attached hydrogens (primary N) is 2. The fourth-order valence-corrected chi connectivity index (χ4v) is 4.54. The lowest BCUT2D eigenvalue weighted by atomic mass is 10.0. The Bertz CT molecular complexity index is 1200. The molecule has 0 fully saturated rings. The van der Waals surface area contributed by atoms with Crippen LogP contribution in [-0.2, 0) is 27.2 Å². The number of nitrogens with one attached hydrogen (secondary N) is 4. The van der Waals surface area contributed by atoms with Crippen molar-refractivity contribution in [2.45, 2.75) is 51.2 Å². The van der Waals surface area contributed by atoms with E-state index in [-0.39, 0.29) is 24.3 Å². The zero-order valence-electron chi connectivity index (χ0n) is 23.5. The molecule has 1 aliphatic rings. The first-order valence-electron chi connectivity index (χ1n) is 13.8. The van der Waals surface area contributed by atoms with Crippen LogP contribution >= 0.6 is 11.6 Å². The molecule has 2 aromatic carbocycles. The van der Waals surface area contributed by atoms with E-state index in [1.807, 2.05) is 50.2 Å². The lowest BCUT2D eigenvalue weighted by molar-refractivity contribution is -0.133. The highest BCUT2D eigenvalue weighted by molar-refractivity contribution is 6.30. The Kier molecular flexibility index (Phi) is 12.2. The van der Waals surface area contributed by atoms with E-state index in [0.717, 1.165) is 16.9 Å². The molecule has 0 radical (unpaired) electrons. The van der Waals surface area contributed by atoms with Crippen molar-refractivity contribution < 1.29 is 19.1 Å². The maximum atomic E-state index is 13.5. The second-order valence-corrected chi connectivity index (χ2v) is 10.7. The van der Waals surface area contributed by atoms with Crippen molar-refractivity contribution in [3.05, 3.63) is 64.7 Å². The van der Waals surface area contributed by atoms with Crippen molar-refractivity contribution in [3.63, 3.8) is 0 Å². The number of para-hydroxylation sites is 1. The van der Waals surface area contributed by atoms with Gasteiger partial charge in [-0.1, -0.05) is 55.8 Å². The van der Waals surface area contributed by atoms with Gasteiger partial charge in [-0.25, -0.2) is 0 Å². The molecule has 0 bridgehead atoms. The summed E-state index contributed by atoms with van der Waals surface area (Å²) in [5.41, 5.74) is 12.9. The molecule has 1 heterocycles. The largest absolute Gasteiger partial charge is 0.492 e. The quantitative estimate of drug-likeness (QED) is 0.223. The van der Waals surface area contributed by atoms with Crippen molar-refractivity contribution in [1.82, 2.24) is 21.3 Å². The number of halogens is 1. The highest BCUT2D eigenvalue weighted by atomic mass is 35.5. The molecule has 222 valence electrons. The summed E-state index contributed by atoms with van der Waals surface area (Å²) in [6.45, 7) is 4.59. The number of aliphatic imine (C=N–C) groups is 1. The number of hydrogen-bond acceptors (Lipinski definition) is 6. The molecular weight excluding hydrogens is 546 g/mol. The molecule has 0 spiro atoms. The normalized spacial score (nSPS) is 21.3. The van der Waals surface area contributed by atoms with Crippen LogP contribution in [0, 0.1) is 5.92 Å². The van der Waals surface area contributed by atoms with Crippen LogP contribution < -0.4 is 37.5 Å². The molecule has 3 amide bonds. The van der Waals surface area contributed by atoms with Gasteiger partial charge in [0.2, 0.25) is 17.7 Å². The van der Waals surface area contributed by atoms with E-state index >= 15 is 0 Å². The number of aryl methyl sites for hydroxylation is 1. The first-order valence-corrected chi connectivity index (χ1v) is 14.1. The van der Waals surface area contributed by atoms with Crippen LogP contribution in [0.3, 0.4) is 0 Å². The van der Waals surface area contributed by atoms with E-state index in [2.05, 4.69) is 26.3 Å². The smallest absolute Gasteiger partial charge is 0.244 e. The van der Waals surface area contributed by atoms with Gasteiger partial charge < -0.3 is 37.5 Å². The molecule has 1 aliphatic heterocycles. The van der Waals surface area contributed by atoms with E-state index in [1.165, 1.54) is 0 Å². The third kappa shape index (κ3) is 10.3. The summed E-state index contributed by atoms with van der Waals surface area (Å²) in [5, 5.41) is 12.3. The first kappa shape index (κ1) is 31.7. The number of fused-ring (bicyclic) bond motifs is 1. The Labute approximate surface area is 245 Å². The van der Waals surface area contributed by atoms with E-state index < -0.39 is 29.9 Å². The Balaban J connectivity index is 1.87. The van der Waals surface area contributed by atoms with Gasteiger partial charge in [0.15, 0.2) is 5.96 Å². The third-order valence-electron chi connectivity index (χ3n) is 6.65. The fraction of sp³-hybridized carbons (Fsp3) is 0.448. The van der Waals surface area contributed by atoms with E-state index in [0.29, 0.717) is 44.0 Å². The van der Waals surface area contributed by atoms with E-state index in [9.17, 15) is 14.4 Å². The van der Waals surface area contributed by atoms with Crippen molar-refractivity contribution in [1.29, 1.82) is 0 Å². The molecule has 3 rings (SSSR count). The molecule has 41 heavy (non-hydrogen) atoms. The number of hydrogen-bond donors (Lipinski definition) is 6. The molecule has 0 saturated carbocycles. The number of ether oxygens (including phenoxy) is 1. The van der Waals surface area contributed by atoms with Gasteiger partial charge in [0.05, 0.1) is 12.6 Å². The monoisotopic (exact) mass is 585 g/mol. The molecular formula is C29H40ClN7O4. The van der Waals surface area contributed by atoms with Crippen LogP contribution in [0.4, 0.5) is 0 Å². The highest BCUT2D eigenvalue weighted by Gasteiger charge is 2.31. The van der Waals surface area contributed by atoms with Gasteiger partial charge in [-0.2, -0.15) is 0 Å². The zero-order chi connectivity index (χ0) is 29.8. The minimum absolute atomic E-state index is 0.143. The van der Waals surface area contributed by atoms with E-state index in [4.69, 9.17) is 27.8 Å². The van der Waals surface area contributed by atoms with Crippen LogP contribution in [0.2, 0.25) is 5.02 Å². The molecule has 11 nitrogen and oxygen atoms in total. The Morgan fingerprint density at radius 3 is 2.41 bits per heavy atom. The predicted molar refractivity (Wildman–Crippen MR) is 160 cm³/mol. The minimum atomic E-state index is -1.03. The van der Waals surface area contributed by atoms with Crippen molar-refractivity contribution in [3.8, 4) is 5.75 Å². The number of guanidine groups is 1. The maximum Gasteiger partial charge on any atom is 0.244 e. The lowest BCUT2D eigenvalue weighted by Gasteiger charge is -2.27. The second kappa shape index (κ2) is 15.8. The number of nitrogens with zero attached hydrogens (tertiary/aromatic N) is 1. The summed E-state index contributed by atoms with van der Waals surface area (Å²) in [6, 6.07) is 12.4. The standard InChI is InChI=1S/C29H40ClN7O4/c1-18(2)25-28(40)36-23(17-35-29(31)32)26(38)34-13-5-7-20-6-3-4-8-24(20)41-15-14-33-22(27(39)37-25)16-19-9-11-21(30)12-10-19/h3-4,6,8-12,18,22-23,25,33H,5,7,13-17H2,1-2H3,(H,34,38)(H,36,40)(H,37,39)(H4,31,32,35)/t22-,23+,25-/m1/s1. The van der Waals surface area contributed by atoms with Crippen LogP contribution in [0.1, 0.15) is 31.4 Å². The Morgan fingerprint density at radius 1 is 0.976 bits per heavy atom. The molecule has 0 saturated heterocycles. The molecule has 3 atom stereocenters. The van der Waals surface area contributed by atoms with Gasteiger partial charge in [0.25, 0.3) is 0 Å². The van der Waals surface area contributed by atoms with Crippen LogP contribution in [-0.4, -0.2) is 68.0 Å². The average molecular weight is 586 g/mol. The summed E-state index contributed by atoms with van der Waals surface area (Å²) in [5.74, 6) is -1.02. The number of amides is 3. The van der Waals surface area contributed by atoms with Crippen LogP contribution in [0.15, 0.2) is 53.5 Å². The topological polar surface area (TPSA) is 173 Å². The maximum absolute atomic E-state index is 13.5. The summed E-state index contributed by atoms with van der Waals surface area (Å²) in [6.07, 6.45) is 1.69. The summed E-state index contributed by atoms with van der Waals surface area (Å²) >= 11 is 6.05. The zero-order valence-corrected chi connectivity index (χ0v) is 24.2. The third-order valence-corrected chi connectivity index (χ3v) is 6.90. The molecule has 12 heteroatoms. The van der Waals surface area contributed by atoms with Crippen molar-refractivity contribution in [2.75, 3.05) is 26.2 Å². The number of benzene rings is 2. The highest BCUT2D eigenvalue weighted by Crippen LogP contribution is 2.19. The van der Waals surface area contributed by atoms with Crippen molar-refractivity contribution in [2.24, 2.45) is 22.4 Å². The first-order chi connectivity index (χ1) is 19.6. The summed E-state index contributed by atoms with van der Waals surface area (Å²) in [4.78, 5) is 43.9. The predicted octanol–water partition coefficient (Wildman–Crippen LogP) is 0.881. The molecule has 0 aromatic heterocycles. The van der Waals surface area contributed by atoms with Gasteiger partial charge in [-0.3, -0.25) is 19.4 Å². The SMILES string of the molecule is CC(C)[C@H]1NC(=O)[C@@H](Cc2ccc(Cl)cc2)NCCOc2ccccc2CCCNC(=O)[C@H](CN=C(N)N)NC1=O. The Hall–Kier alpha value is -3.83. The number of carbonyl (C=O) groups excluding carboxylic acids is 3. The van der Waals surface area contributed by atoms with Crippen LogP contribution in [0.5, 0.6) is 5.75 Å². The van der Waals surface area contributed by atoms with E-state index in [1.54, 1.807) is 12.1 Å². The molecule has 0 aliphatic carbocycles. The second-order valence-electron chi connectivity index (χ2n) is 10.2. The molecule has 0 unspecified atom stereocenters. The fourth-order valence-electron chi connectivity index (χ4n) is 4.41. The lowest BCUT2D eigenvalue weighted by Crippen LogP contribution is -2.59. The molecule has 8 N–H and O–H groups in total. The Morgan fingerprint density at radius 2 is 1.71 bits per heavy atom. The number of carbonyl (C=O) groups is 3. The minimum Gasteiger partial charge on any atom is -0.492 e. The summed E-state index contributed by atoms with van der Waals surface area (Å²) < 4.78 is 6.05. The summed E-state index contributed by atoms with van der Waals surface area (Å²) in [7, 11) is 0. The van der Waals surface area contributed by atoms with Crippen molar-refractivity contribution >= 4 is 35.3 Å². The van der Waals surface area contributed by atoms with Crippen LogP contribution in [0.25, 0.3) is 0 Å². The van der Waals surface area contributed by atoms with Gasteiger partial charge in [-0.05, 0) is 54.5 Å². The average Bonchev–Trinajstić information content (AvgIpc) is 2.94. The number of rotatable bonds is 5.